The molecule has 2 N–H and O–H groups in total. The van der Waals surface area contributed by atoms with E-state index < -0.39 is 10.0 Å². The summed E-state index contributed by atoms with van der Waals surface area (Å²) in [6, 6.07) is 5.94. The maximum atomic E-state index is 12.5. The standard InChI is InChI=1S/C13H19N3O3S/c1-10-9-15-7-8-16(10)20(18,19)12-5-3-11(4-6-12)13(17)14-2/h3-6,10,15H,7-9H2,1-2H3,(H,14,17). The van der Waals surface area contributed by atoms with E-state index in [9.17, 15) is 13.2 Å². The number of sulfonamides is 1. The molecule has 20 heavy (non-hydrogen) atoms. The van der Waals surface area contributed by atoms with Gasteiger partial charge in [0.2, 0.25) is 10.0 Å². The van der Waals surface area contributed by atoms with E-state index in [1.54, 1.807) is 0 Å². The maximum absolute atomic E-state index is 12.5. The first-order valence-electron chi connectivity index (χ1n) is 6.51. The van der Waals surface area contributed by atoms with Gasteiger partial charge in [-0.2, -0.15) is 4.31 Å². The van der Waals surface area contributed by atoms with E-state index in [0.29, 0.717) is 25.2 Å². The summed E-state index contributed by atoms with van der Waals surface area (Å²) in [5.74, 6) is -0.232. The highest BCUT2D eigenvalue weighted by atomic mass is 32.2. The second-order valence-electron chi connectivity index (χ2n) is 4.77. The average Bonchev–Trinajstić information content (AvgIpc) is 2.47. The molecular weight excluding hydrogens is 278 g/mol. The van der Waals surface area contributed by atoms with Crippen LogP contribution >= 0.6 is 0 Å². The second-order valence-corrected chi connectivity index (χ2v) is 6.66. The molecular formula is C13H19N3O3S. The van der Waals surface area contributed by atoms with Gasteiger partial charge in [-0.3, -0.25) is 4.79 Å². The molecule has 1 aromatic carbocycles. The zero-order valence-electron chi connectivity index (χ0n) is 11.6. The Balaban J connectivity index is 2.27. The molecule has 0 bridgehead atoms. The number of piperazine rings is 1. The summed E-state index contributed by atoms with van der Waals surface area (Å²) in [7, 11) is -1.96. The molecule has 7 heteroatoms. The summed E-state index contributed by atoms with van der Waals surface area (Å²) < 4.78 is 26.6. The van der Waals surface area contributed by atoms with Crippen molar-refractivity contribution in [3.05, 3.63) is 29.8 Å². The summed E-state index contributed by atoms with van der Waals surface area (Å²) in [4.78, 5) is 11.7. The fourth-order valence-corrected chi connectivity index (χ4v) is 3.87. The van der Waals surface area contributed by atoms with Crippen molar-refractivity contribution < 1.29 is 13.2 Å². The predicted molar refractivity (Wildman–Crippen MR) is 76.1 cm³/mol. The number of amides is 1. The van der Waals surface area contributed by atoms with Crippen molar-refractivity contribution >= 4 is 15.9 Å². The first kappa shape index (κ1) is 15.0. The predicted octanol–water partition coefficient (Wildman–Crippen LogP) is 0.0286. The van der Waals surface area contributed by atoms with Gasteiger partial charge in [0.25, 0.3) is 5.91 Å². The van der Waals surface area contributed by atoms with E-state index in [1.807, 2.05) is 6.92 Å². The van der Waals surface area contributed by atoms with Crippen molar-refractivity contribution in [1.82, 2.24) is 14.9 Å². The summed E-state index contributed by atoms with van der Waals surface area (Å²) in [6.07, 6.45) is 0. The Kier molecular flexibility index (Phi) is 4.42. The molecule has 1 amide bonds. The molecule has 1 fully saturated rings. The zero-order chi connectivity index (χ0) is 14.8. The van der Waals surface area contributed by atoms with Gasteiger partial charge in [0, 0.05) is 38.3 Å². The van der Waals surface area contributed by atoms with Crippen molar-refractivity contribution in [2.45, 2.75) is 17.9 Å². The normalized spacial score (nSPS) is 20.6. The Hall–Kier alpha value is -1.44. The fourth-order valence-electron chi connectivity index (χ4n) is 2.24. The second kappa shape index (κ2) is 5.90. The molecule has 0 aromatic heterocycles. The number of hydrogen-bond donors (Lipinski definition) is 2. The number of carbonyl (C=O) groups is 1. The van der Waals surface area contributed by atoms with E-state index in [-0.39, 0.29) is 16.8 Å². The molecule has 1 saturated heterocycles. The maximum Gasteiger partial charge on any atom is 0.251 e. The molecule has 1 aromatic rings. The van der Waals surface area contributed by atoms with E-state index in [4.69, 9.17) is 0 Å². The van der Waals surface area contributed by atoms with E-state index >= 15 is 0 Å². The van der Waals surface area contributed by atoms with Crippen LogP contribution in [0.1, 0.15) is 17.3 Å². The van der Waals surface area contributed by atoms with Crippen LogP contribution in [0.25, 0.3) is 0 Å². The average molecular weight is 297 g/mol. The Labute approximate surface area is 119 Å². The molecule has 1 aliphatic rings. The van der Waals surface area contributed by atoms with E-state index in [2.05, 4.69) is 10.6 Å². The molecule has 1 aliphatic heterocycles. The lowest BCUT2D eigenvalue weighted by molar-refractivity contribution is 0.0963. The van der Waals surface area contributed by atoms with Crippen molar-refractivity contribution in [2.75, 3.05) is 26.7 Å². The van der Waals surface area contributed by atoms with E-state index in [1.165, 1.54) is 35.6 Å². The zero-order valence-corrected chi connectivity index (χ0v) is 12.4. The molecule has 6 nitrogen and oxygen atoms in total. The third kappa shape index (κ3) is 2.84. The van der Waals surface area contributed by atoms with Crippen LogP contribution in [-0.4, -0.2) is 51.4 Å². The highest BCUT2D eigenvalue weighted by Crippen LogP contribution is 2.19. The Bertz CT molecular complexity index is 583. The molecule has 0 spiro atoms. The molecule has 0 radical (unpaired) electrons. The van der Waals surface area contributed by atoms with Crippen LogP contribution in [0, 0.1) is 0 Å². The Morgan fingerprint density at radius 2 is 2.00 bits per heavy atom. The Morgan fingerprint density at radius 3 is 2.55 bits per heavy atom. The first-order valence-corrected chi connectivity index (χ1v) is 7.95. The van der Waals surface area contributed by atoms with Crippen LogP contribution in [0.4, 0.5) is 0 Å². The van der Waals surface area contributed by atoms with Gasteiger partial charge in [-0.25, -0.2) is 8.42 Å². The van der Waals surface area contributed by atoms with Crippen molar-refractivity contribution in [1.29, 1.82) is 0 Å². The minimum absolute atomic E-state index is 0.0765. The van der Waals surface area contributed by atoms with Gasteiger partial charge in [0.1, 0.15) is 0 Å². The van der Waals surface area contributed by atoms with Gasteiger partial charge >= 0.3 is 0 Å². The molecule has 0 aliphatic carbocycles. The fraction of sp³-hybridized carbons (Fsp3) is 0.462. The minimum atomic E-state index is -3.50. The molecule has 1 atom stereocenters. The van der Waals surface area contributed by atoms with Gasteiger partial charge in [0.15, 0.2) is 0 Å². The topological polar surface area (TPSA) is 78.5 Å². The summed E-state index contributed by atoms with van der Waals surface area (Å²) >= 11 is 0. The molecule has 0 saturated carbocycles. The quantitative estimate of drug-likeness (QED) is 0.825. The monoisotopic (exact) mass is 297 g/mol. The number of carbonyl (C=O) groups excluding carboxylic acids is 1. The molecule has 2 rings (SSSR count). The first-order chi connectivity index (χ1) is 9.46. The Morgan fingerprint density at radius 1 is 1.35 bits per heavy atom. The number of nitrogens with zero attached hydrogens (tertiary/aromatic N) is 1. The van der Waals surface area contributed by atoms with Gasteiger partial charge in [0.05, 0.1) is 4.90 Å². The number of benzene rings is 1. The van der Waals surface area contributed by atoms with Crippen LogP contribution in [0.15, 0.2) is 29.2 Å². The lowest BCUT2D eigenvalue weighted by Gasteiger charge is -2.32. The van der Waals surface area contributed by atoms with Crippen LogP contribution in [0.5, 0.6) is 0 Å². The van der Waals surface area contributed by atoms with Gasteiger partial charge < -0.3 is 10.6 Å². The summed E-state index contributed by atoms with van der Waals surface area (Å²) in [5, 5.41) is 5.66. The van der Waals surface area contributed by atoms with Crippen LogP contribution in [-0.2, 0) is 10.0 Å². The number of rotatable bonds is 3. The summed E-state index contributed by atoms with van der Waals surface area (Å²) in [5.41, 5.74) is 0.444. The highest BCUT2D eigenvalue weighted by Gasteiger charge is 2.30. The largest absolute Gasteiger partial charge is 0.355 e. The smallest absolute Gasteiger partial charge is 0.251 e. The number of nitrogens with one attached hydrogen (secondary N) is 2. The van der Waals surface area contributed by atoms with Crippen molar-refractivity contribution in [3.63, 3.8) is 0 Å². The number of hydrogen-bond acceptors (Lipinski definition) is 4. The molecule has 1 heterocycles. The van der Waals surface area contributed by atoms with Crippen molar-refractivity contribution in [2.24, 2.45) is 0 Å². The van der Waals surface area contributed by atoms with Gasteiger partial charge in [-0.15, -0.1) is 0 Å². The van der Waals surface area contributed by atoms with Gasteiger partial charge in [-0.05, 0) is 31.2 Å². The van der Waals surface area contributed by atoms with Gasteiger partial charge in [-0.1, -0.05) is 0 Å². The molecule has 110 valence electrons. The van der Waals surface area contributed by atoms with Crippen molar-refractivity contribution in [3.8, 4) is 0 Å². The van der Waals surface area contributed by atoms with Crippen LogP contribution < -0.4 is 10.6 Å². The third-order valence-electron chi connectivity index (χ3n) is 3.39. The van der Waals surface area contributed by atoms with Crippen LogP contribution in [0.3, 0.4) is 0 Å². The third-order valence-corrected chi connectivity index (χ3v) is 5.42. The lowest BCUT2D eigenvalue weighted by atomic mass is 10.2. The molecule has 1 unspecified atom stereocenters. The minimum Gasteiger partial charge on any atom is -0.355 e. The van der Waals surface area contributed by atoms with E-state index in [0.717, 1.165) is 0 Å². The van der Waals surface area contributed by atoms with Crippen LogP contribution in [0.2, 0.25) is 0 Å². The SMILES string of the molecule is CNC(=O)c1ccc(S(=O)(=O)N2CCNCC2C)cc1. The lowest BCUT2D eigenvalue weighted by Crippen LogP contribution is -2.52. The highest BCUT2D eigenvalue weighted by molar-refractivity contribution is 7.89. The summed E-state index contributed by atoms with van der Waals surface area (Å²) in [6.45, 7) is 3.64.